The average Bonchev–Trinajstić information content (AvgIpc) is 3.16. The number of para-hydroxylation sites is 1. The smallest absolute Gasteiger partial charge is 0.211 e. The maximum atomic E-state index is 11.7. The molecule has 156 valence electrons. The van der Waals surface area contributed by atoms with E-state index in [1.165, 1.54) is 6.26 Å². The number of piperidine rings is 1. The van der Waals surface area contributed by atoms with Gasteiger partial charge in [-0.15, -0.1) is 0 Å². The van der Waals surface area contributed by atoms with Crippen LogP contribution in [0.25, 0.3) is 0 Å². The molecule has 0 amide bonds. The first-order valence-corrected chi connectivity index (χ1v) is 12.0. The van der Waals surface area contributed by atoms with Crippen molar-refractivity contribution in [3.05, 3.63) is 30.3 Å². The van der Waals surface area contributed by atoms with Crippen LogP contribution in [-0.4, -0.2) is 75.2 Å². The summed E-state index contributed by atoms with van der Waals surface area (Å²) in [5, 5.41) is 3.39. The molecule has 1 N–H and O–H groups in total. The summed E-state index contributed by atoms with van der Waals surface area (Å²) in [5.74, 6) is 2.15. The van der Waals surface area contributed by atoms with E-state index in [1.54, 1.807) is 4.31 Å². The number of rotatable bonds is 6. The van der Waals surface area contributed by atoms with Gasteiger partial charge >= 0.3 is 0 Å². The number of likely N-dealkylation sites (tertiary alicyclic amines) is 1. The minimum Gasteiger partial charge on any atom is -0.490 e. The Hall–Kier alpha value is -1.80. The molecule has 28 heavy (non-hydrogen) atoms. The Kier molecular flexibility index (Phi) is 7.18. The van der Waals surface area contributed by atoms with Crippen LogP contribution in [0.15, 0.2) is 35.3 Å². The number of hydrogen-bond donors (Lipinski definition) is 1. The predicted molar refractivity (Wildman–Crippen MR) is 112 cm³/mol. The summed E-state index contributed by atoms with van der Waals surface area (Å²) in [6.07, 6.45) is 4.32. The largest absolute Gasteiger partial charge is 0.490 e. The first-order chi connectivity index (χ1) is 13.5. The third kappa shape index (κ3) is 5.85. The Morgan fingerprint density at radius 2 is 1.89 bits per heavy atom. The molecular weight excluding hydrogens is 376 g/mol. The minimum absolute atomic E-state index is 0.236. The van der Waals surface area contributed by atoms with Gasteiger partial charge in [0, 0.05) is 52.1 Å². The maximum absolute atomic E-state index is 11.7. The molecule has 3 rings (SSSR count). The number of guanidine groups is 1. The highest BCUT2D eigenvalue weighted by Crippen LogP contribution is 2.21. The molecule has 2 fully saturated rings. The van der Waals surface area contributed by atoms with Crippen molar-refractivity contribution in [3.8, 4) is 5.75 Å². The molecule has 2 saturated heterocycles. The van der Waals surface area contributed by atoms with Gasteiger partial charge in [-0.2, -0.15) is 0 Å². The Morgan fingerprint density at radius 1 is 1.18 bits per heavy atom. The van der Waals surface area contributed by atoms with E-state index in [0.29, 0.717) is 25.6 Å². The van der Waals surface area contributed by atoms with Crippen LogP contribution < -0.4 is 10.1 Å². The van der Waals surface area contributed by atoms with Gasteiger partial charge in [0.15, 0.2) is 5.96 Å². The molecule has 2 heterocycles. The van der Waals surface area contributed by atoms with E-state index in [9.17, 15) is 8.42 Å². The SMILES string of the molecule is CCNC(=NCC1CCN(S(C)(=O)=O)C1)N1CCC(Oc2ccccc2)CC1. The molecule has 1 aromatic carbocycles. The monoisotopic (exact) mass is 408 g/mol. The fourth-order valence-electron chi connectivity index (χ4n) is 3.77. The molecule has 0 radical (unpaired) electrons. The van der Waals surface area contributed by atoms with Crippen LogP contribution in [0.2, 0.25) is 0 Å². The van der Waals surface area contributed by atoms with E-state index in [2.05, 4.69) is 17.1 Å². The second kappa shape index (κ2) is 9.60. The van der Waals surface area contributed by atoms with Gasteiger partial charge in [0.1, 0.15) is 11.9 Å². The van der Waals surface area contributed by atoms with E-state index in [1.807, 2.05) is 30.3 Å². The molecule has 2 aliphatic rings. The Labute approximate surface area is 168 Å². The van der Waals surface area contributed by atoms with Crippen LogP contribution in [0, 0.1) is 5.92 Å². The molecule has 2 aliphatic heterocycles. The molecule has 0 bridgehead atoms. The van der Waals surface area contributed by atoms with E-state index >= 15 is 0 Å². The highest BCUT2D eigenvalue weighted by atomic mass is 32.2. The van der Waals surface area contributed by atoms with Crippen molar-refractivity contribution >= 4 is 16.0 Å². The molecule has 8 heteroatoms. The van der Waals surface area contributed by atoms with Crippen LogP contribution >= 0.6 is 0 Å². The van der Waals surface area contributed by atoms with Gasteiger partial charge in [0.25, 0.3) is 0 Å². The molecule has 0 aromatic heterocycles. The van der Waals surface area contributed by atoms with Gasteiger partial charge in [-0.3, -0.25) is 4.99 Å². The van der Waals surface area contributed by atoms with Gasteiger partial charge in [-0.05, 0) is 31.4 Å². The van der Waals surface area contributed by atoms with Gasteiger partial charge < -0.3 is 15.0 Å². The Balaban J connectivity index is 1.51. The topological polar surface area (TPSA) is 74.2 Å². The molecular formula is C20H32N4O3S. The van der Waals surface area contributed by atoms with Gasteiger partial charge in [0.2, 0.25) is 10.0 Å². The molecule has 1 unspecified atom stereocenters. The zero-order valence-corrected chi connectivity index (χ0v) is 17.7. The number of sulfonamides is 1. The van der Waals surface area contributed by atoms with Crippen LogP contribution in [0.4, 0.5) is 0 Å². The molecule has 0 saturated carbocycles. The first-order valence-electron chi connectivity index (χ1n) is 10.2. The normalized spacial score (nSPS) is 22.4. The van der Waals surface area contributed by atoms with Crippen molar-refractivity contribution in [2.45, 2.75) is 32.3 Å². The maximum Gasteiger partial charge on any atom is 0.211 e. The van der Waals surface area contributed by atoms with Gasteiger partial charge in [-0.1, -0.05) is 18.2 Å². The van der Waals surface area contributed by atoms with Crippen molar-refractivity contribution in [1.82, 2.24) is 14.5 Å². The van der Waals surface area contributed by atoms with E-state index < -0.39 is 10.0 Å². The lowest BCUT2D eigenvalue weighted by molar-refractivity contribution is 0.129. The standard InChI is InChI=1S/C20H32N4O3S/c1-3-21-20(22-15-17-9-14-24(16-17)28(2,25)26)23-12-10-19(11-13-23)27-18-7-5-4-6-8-18/h4-8,17,19H,3,9-16H2,1-2H3,(H,21,22). The minimum atomic E-state index is -3.09. The molecule has 0 spiro atoms. The summed E-state index contributed by atoms with van der Waals surface area (Å²) < 4.78 is 31.0. The lowest BCUT2D eigenvalue weighted by Crippen LogP contribution is -2.47. The number of nitrogens with zero attached hydrogens (tertiary/aromatic N) is 3. The summed E-state index contributed by atoms with van der Waals surface area (Å²) in [5.41, 5.74) is 0. The van der Waals surface area contributed by atoms with E-state index in [4.69, 9.17) is 9.73 Å². The van der Waals surface area contributed by atoms with Crippen molar-refractivity contribution in [2.24, 2.45) is 10.9 Å². The quantitative estimate of drug-likeness (QED) is 0.574. The lowest BCUT2D eigenvalue weighted by atomic mass is 10.1. The summed E-state index contributed by atoms with van der Waals surface area (Å²) in [6, 6.07) is 9.98. The summed E-state index contributed by atoms with van der Waals surface area (Å²) in [4.78, 5) is 7.10. The van der Waals surface area contributed by atoms with Gasteiger partial charge in [-0.25, -0.2) is 12.7 Å². The third-order valence-electron chi connectivity index (χ3n) is 5.34. The number of benzene rings is 1. The molecule has 1 atom stereocenters. The molecule has 7 nitrogen and oxygen atoms in total. The van der Waals surface area contributed by atoms with E-state index in [0.717, 1.165) is 50.6 Å². The third-order valence-corrected chi connectivity index (χ3v) is 6.61. The van der Waals surface area contributed by atoms with Crippen LogP contribution in [0.3, 0.4) is 0 Å². The van der Waals surface area contributed by atoms with Gasteiger partial charge in [0.05, 0.1) is 6.26 Å². The summed E-state index contributed by atoms with van der Waals surface area (Å²) >= 11 is 0. The average molecular weight is 409 g/mol. The van der Waals surface area contributed by atoms with E-state index in [-0.39, 0.29) is 6.10 Å². The number of nitrogens with one attached hydrogen (secondary N) is 1. The summed E-state index contributed by atoms with van der Waals surface area (Å²) in [7, 11) is -3.09. The second-order valence-electron chi connectivity index (χ2n) is 7.59. The summed E-state index contributed by atoms with van der Waals surface area (Å²) in [6.45, 7) is 6.55. The molecule has 0 aliphatic carbocycles. The van der Waals surface area contributed by atoms with Crippen molar-refractivity contribution in [1.29, 1.82) is 0 Å². The van der Waals surface area contributed by atoms with Crippen molar-refractivity contribution in [2.75, 3.05) is 45.5 Å². The zero-order chi connectivity index (χ0) is 20.0. The highest BCUT2D eigenvalue weighted by molar-refractivity contribution is 7.88. The highest BCUT2D eigenvalue weighted by Gasteiger charge is 2.29. The lowest BCUT2D eigenvalue weighted by Gasteiger charge is -2.34. The first kappa shape index (κ1) is 20.9. The number of ether oxygens (including phenoxy) is 1. The van der Waals surface area contributed by atoms with Crippen LogP contribution in [0.1, 0.15) is 26.2 Å². The Bertz CT molecular complexity index is 746. The van der Waals surface area contributed by atoms with Crippen LogP contribution in [0.5, 0.6) is 5.75 Å². The zero-order valence-electron chi connectivity index (χ0n) is 16.9. The Morgan fingerprint density at radius 3 is 2.50 bits per heavy atom. The van der Waals surface area contributed by atoms with Crippen molar-refractivity contribution in [3.63, 3.8) is 0 Å². The fourth-order valence-corrected chi connectivity index (χ4v) is 4.68. The predicted octanol–water partition coefficient (Wildman–Crippen LogP) is 1.78. The second-order valence-corrected chi connectivity index (χ2v) is 9.57. The number of aliphatic imine (C=N–C) groups is 1. The number of hydrogen-bond acceptors (Lipinski definition) is 4. The molecule has 1 aromatic rings. The fraction of sp³-hybridized carbons (Fsp3) is 0.650. The van der Waals surface area contributed by atoms with Crippen molar-refractivity contribution < 1.29 is 13.2 Å². The van der Waals surface area contributed by atoms with Crippen LogP contribution in [-0.2, 0) is 10.0 Å².